The molecule has 1 fully saturated rings. The number of anilines is 1. The first kappa shape index (κ1) is 54.1. The Morgan fingerprint density at radius 2 is 1.29 bits per heavy atom. The maximum Gasteiger partial charge on any atom is 0.160 e. The predicted octanol–water partition coefficient (Wildman–Crippen LogP) is 9.76. The Morgan fingerprint density at radius 3 is 1.87 bits per heavy atom. The van der Waals surface area contributed by atoms with Crippen molar-refractivity contribution in [1.82, 2.24) is 21.3 Å². The Morgan fingerprint density at radius 1 is 0.706 bits per heavy atom. The fourth-order valence-corrected chi connectivity index (χ4v) is 9.42. The molecule has 0 bridgehead atoms. The van der Waals surface area contributed by atoms with Gasteiger partial charge in [0.25, 0.3) is 0 Å². The molecule has 4 aromatic rings. The van der Waals surface area contributed by atoms with Crippen molar-refractivity contribution in [2.24, 2.45) is 5.92 Å². The van der Waals surface area contributed by atoms with Crippen molar-refractivity contribution in [3.63, 3.8) is 0 Å². The minimum Gasteiger partial charge on any atom is -0.504 e. The van der Waals surface area contributed by atoms with Gasteiger partial charge in [0.15, 0.2) is 23.0 Å². The minimum atomic E-state index is -1.09. The van der Waals surface area contributed by atoms with Crippen molar-refractivity contribution in [3.8, 4) is 29.1 Å². The number of rotatable bonds is 29. The van der Waals surface area contributed by atoms with Crippen LogP contribution in [0.1, 0.15) is 132 Å². The number of phenols is 2. The van der Waals surface area contributed by atoms with E-state index in [4.69, 9.17) is 14.2 Å². The fraction of sp³-hybridized carbons (Fsp3) is 0.554. The normalized spacial score (nSPS) is 18.2. The number of nitrogens with one attached hydrogen (secondary N) is 4. The van der Waals surface area contributed by atoms with Gasteiger partial charge in [-0.1, -0.05) is 101 Å². The number of hydrogen-bond donors (Lipinski definition) is 7. The smallest absolute Gasteiger partial charge is 0.160 e. The third-order valence-corrected chi connectivity index (χ3v) is 13.6. The van der Waals surface area contributed by atoms with Crippen LogP contribution in [0.25, 0.3) is 0 Å². The Kier molecular flexibility index (Phi) is 23.2. The molecule has 0 saturated carbocycles. The summed E-state index contributed by atoms with van der Waals surface area (Å²) in [5, 5.41) is 54.1. The minimum absolute atomic E-state index is 0.0110. The van der Waals surface area contributed by atoms with Gasteiger partial charge in [0.1, 0.15) is 11.8 Å². The molecule has 12 heteroatoms. The van der Waals surface area contributed by atoms with Gasteiger partial charge in [0, 0.05) is 36.8 Å². The lowest BCUT2D eigenvalue weighted by atomic mass is 9.77. The van der Waals surface area contributed by atoms with E-state index >= 15 is 0 Å². The zero-order chi connectivity index (χ0) is 48.6. The number of nitriles is 1. The van der Waals surface area contributed by atoms with Crippen molar-refractivity contribution >= 4 is 5.69 Å². The number of nitrogens with zero attached hydrogens (tertiary/aromatic N) is 2. The van der Waals surface area contributed by atoms with E-state index in [0.717, 1.165) is 100 Å². The third kappa shape index (κ3) is 16.7. The van der Waals surface area contributed by atoms with Crippen molar-refractivity contribution in [3.05, 3.63) is 113 Å². The van der Waals surface area contributed by atoms with Gasteiger partial charge in [-0.15, -0.1) is 0 Å². The molecular formula is C56H82N6O6. The highest BCUT2D eigenvalue weighted by Gasteiger charge is 2.47. The summed E-state index contributed by atoms with van der Waals surface area (Å²) in [5.74, 6) is 2.42. The average molecular weight is 935 g/mol. The SMILES string of the molecule is CCCCCC(C)C(C)c1ccc2c(c1)N1C(CCC1OCc1ccccc1)CC2(O)CC#N.COc1cc(CNCCCNCCCCNCCCNCc2ccc(O)c(OC)c2)ccc1O. The summed E-state index contributed by atoms with van der Waals surface area (Å²) in [6, 6.07) is 30.2. The second-order valence-corrected chi connectivity index (χ2v) is 18.8. The molecule has 0 aromatic heterocycles. The maximum absolute atomic E-state index is 11.6. The molecule has 0 amide bonds. The Hall–Kier alpha value is -4.87. The summed E-state index contributed by atoms with van der Waals surface area (Å²) in [5.41, 5.74) is 5.55. The first-order valence-electron chi connectivity index (χ1n) is 25.3. The quantitative estimate of drug-likeness (QED) is 0.0259. The van der Waals surface area contributed by atoms with E-state index in [9.17, 15) is 20.6 Å². The summed E-state index contributed by atoms with van der Waals surface area (Å²) < 4.78 is 16.7. The van der Waals surface area contributed by atoms with Gasteiger partial charge in [-0.05, 0) is 142 Å². The molecule has 2 aliphatic rings. The zero-order valence-corrected chi connectivity index (χ0v) is 41.7. The topological polar surface area (TPSA) is 164 Å². The lowest BCUT2D eigenvalue weighted by molar-refractivity contribution is 0.0100. The molecule has 5 atom stereocenters. The number of phenolic OH excluding ortho intramolecular Hbond substituents is 2. The number of ether oxygens (including phenoxy) is 3. The largest absolute Gasteiger partial charge is 0.504 e. The van der Waals surface area contributed by atoms with Crippen LogP contribution in [-0.2, 0) is 30.0 Å². The number of hydrogen-bond acceptors (Lipinski definition) is 12. The fourth-order valence-electron chi connectivity index (χ4n) is 9.42. The number of fused-ring (bicyclic) bond motifs is 3. The second-order valence-electron chi connectivity index (χ2n) is 18.8. The maximum atomic E-state index is 11.6. The van der Waals surface area contributed by atoms with E-state index in [2.05, 4.69) is 83.3 Å². The van der Waals surface area contributed by atoms with Crippen LogP contribution in [0.3, 0.4) is 0 Å². The first-order chi connectivity index (χ1) is 33.1. The van der Waals surface area contributed by atoms with Crippen LogP contribution in [0.5, 0.6) is 23.0 Å². The lowest BCUT2D eigenvalue weighted by Crippen LogP contribution is -2.47. The lowest BCUT2D eigenvalue weighted by Gasteiger charge is -2.45. The molecule has 4 aromatic carbocycles. The molecule has 1 saturated heterocycles. The van der Waals surface area contributed by atoms with Crippen LogP contribution >= 0.6 is 0 Å². The molecule has 5 unspecified atom stereocenters. The predicted molar refractivity (Wildman–Crippen MR) is 274 cm³/mol. The monoisotopic (exact) mass is 935 g/mol. The molecule has 6 rings (SSSR count). The van der Waals surface area contributed by atoms with Crippen molar-refractivity contribution in [2.45, 2.75) is 141 Å². The van der Waals surface area contributed by atoms with Gasteiger partial charge in [-0.3, -0.25) is 0 Å². The zero-order valence-electron chi connectivity index (χ0n) is 41.7. The van der Waals surface area contributed by atoms with E-state index in [1.165, 1.54) is 49.7 Å². The van der Waals surface area contributed by atoms with Crippen LogP contribution in [0.15, 0.2) is 84.9 Å². The van der Waals surface area contributed by atoms with Crippen molar-refractivity contribution in [1.29, 1.82) is 5.26 Å². The summed E-state index contributed by atoms with van der Waals surface area (Å²) >= 11 is 0. The number of unbranched alkanes of at least 4 members (excludes halogenated alkanes) is 3. The molecule has 68 heavy (non-hydrogen) atoms. The van der Waals surface area contributed by atoms with Gasteiger partial charge in [-0.25, -0.2) is 0 Å². The molecule has 7 N–H and O–H groups in total. The molecule has 2 heterocycles. The third-order valence-electron chi connectivity index (χ3n) is 13.6. The van der Waals surface area contributed by atoms with Gasteiger partial charge >= 0.3 is 0 Å². The van der Waals surface area contributed by atoms with Crippen LogP contribution in [0.2, 0.25) is 0 Å². The second kappa shape index (κ2) is 29.2. The van der Waals surface area contributed by atoms with Crippen molar-refractivity contribution in [2.75, 3.05) is 58.4 Å². The summed E-state index contributed by atoms with van der Waals surface area (Å²) in [6.45, 7) is 15.1. The van der Waals surface area contributed by atoms with Crippen molar-refractivity contribution < 1.29 is 29.5 Å². The van der Waals surface area contributed by atoms with E-state index in [0.29, 0.717) is 36.4 Å². The molecule has 372 valence electrons. The number of methoxy groups -OCH3 is 2. The van der Waals surface area contributed by atoms with E-state index in [1.54, 1.807) is 26.4 Å². The van der Waals surface area contributed by atoms with Gasteiger partial charge < -0.3 is 55.7 Å². The standard InChI is InChI=1S/C30H40N2O2.C26H42N4O4/c1-4-5-7-10-22(2)23(3)25-13-15-27-28(19-25)32-26(20-30(27,33)17-18-31)14-16-29(32)34-21-24-11-8-6-9-12-24;1-33-25-17-21(7-9-23(25)31)19-29-15-5-13-27-11-3-4-12-28-14-6-16-30-20-22-8-10-24(32)26(18-22)34-2/h6,8-9,11-13,15,19,22-23,26,29,33H,4-5,7,10,14,16-17,20-21H2,1-3H3;7-10,17-18,27-32H,3-6,11-16,19-20H2,1-2H3. The van der Waals surface area contributed by atoms with E-state index < -0.39 is 5.60 Å². The number of aliphatic hydroxyl groups is 1. The molecule has 0 radical (unpaired) electrons. The Labute approximate surface area is 407 Å². The summed E-state index contributed by atoms with van der Waals surface area (Å²) in [4.78, 5) is 2.40. The Bertz CT molecular complexity index is 2030. The van der Waals surface area contributed by atoms with E-state index in [1.807, 2.05) is 42.5 Å². The highest BCUT2D eigenvalue weighted by molar-refractivity contribution is 5.63. The molecule has 12 nitrogen and oxygen atoms in total. The van der Waals surface area contributed by atoms with Crippen LogP contribution in [0, 0.1) is 17.2 Å². The molecule has 0 spiro atoms. The first-order valence-corrected chi connectivity index (χ1v) is 25.3. The van der Waals surface area contributed by atoms with Crippen LogP contribution in [-0.4, -0.2) is 81.1 Å². The van der Waals surface area contributed by atoms with Gasteiger partial charge in [0.05, 0.1) is 33.3 Å². The van der Waals surface area contributed by atoms with Crippen LogP contribution in [0.4, 0.5) is 5.69 Å². The number of aromatic hydroxyl groups is 2. The van der Waals surface area contributed by atoms with E-state index in [-0.39, 0.29) is 30.2 Å². The highest BCUT2D eigenvalue weighted by Crippen LogP contribution is 2.49. The molecule has 0 aliphatic carbocycles. The molecular weight excluding hydrogens is 853 g/mol. The highest BCUT2D eigenvalue weighted by atomic mass is 16.5. The van der Waals surface area contributed by atoms with Gasteiger partial charge in [-0.2, -0.15) is 5.26 Å². The summed E-state index contributed by atoms with van der Waals surface area (Å²) in [7, 11) is 3.12. The van der Waals surface area contributed by atoms with Gasteiger partial charge in [0.2, 0.25) is 0 Å². The number of benzene rings is 4. The molecule has 2 aliphatic heterocycles. The van der Waals surface area contributed by atoms with Crippen LogP contribution < -0.4 is 35.6 Å². The summed E-state index contributed by atoms with van der Waals surface area (Å²) in [6.07, 6.45) is 12.2. The Balaban J connectivity index is 0.000000254. The average Bonchev–Trinajstić information content (AvgIpc) is 3.76.